The highest BCUT2D eigenvalue weighted by Gasteiger charge is 2.36. The quantitative estimate of drug-likeness (QED) is 0.685. The number of aromatic nitrogens is 3. The zero-order valence-corrected chi connectivity index (χ0v) is 11.3. The first kappa shape index (κ1) is 13.5. The van der Waals surface area contributed by atoms with E-state index in [0.717, 1.165) is 12.8 Å². The van der Waals surface area contributed by atoms with Gasteiger partial charge in [-0.15, -0.1) is 5.10 Å². The van der Waals surface area contributed by atoms with Gasteiger partial charge < -0.3 is 5.11 Å². The van der Waals surface area contributed by atoms with Crippen molar-refractivity contribution in [2.45, 2.75) is 18.8 Å². The summed E-state index contributed by atoms with van der Waals surface area (Å²) < 4.78 is 1.18. The Hall–Kier alpha value is -2.48. The molecule has 0 bridgehead atoms. The third kappa shape index (κ3) is 2.23. The van der Waals surface area contributed by atoms with Gasteiger partial charge in [0.1, 0.15) is 0 Å². The molecule has 1 fully saturated rings. The second-order valence-electron chi connectivity index (χ2n) is 4.68. The predicted molar refractivity (Wildman–Crippen MR) is 72.0 cm³/mol. The number of benzene rings is 1. The lowest BCUT2D eigenvalue weighted by Crippen LogP contribution is -2.08. The number of nitro benzene ring substituents is 1. The maximum atomic E-state index is 11.2. The number of hydrogen-bond donors (Lipinski definition) is 1. The molecule has 0 atom stereocenters. The van der Waals surface area contributed by atoms with Crippen molar-refractivity contribution in [3.8, 4) is 5.69 Å². The monoisotopic (exact) mass is 308 g/mol. The Morgan fingerprint density at radius 2 is 2.19 bits per heavy atom. The van der Waals surface area contributed by atoms with Crippen molar-refractivity contribution in [2.75, 3.05) is 0 Å². The first-order valence-electron chi connectivity index (χ1n) is 6.13. The van der Waals surface area contributed by atoms with E-state index >= 15 is 0 Å². The van der Waals surface area contributed by atoms with Gasteiger partial charge in [0.2, 0.25) is 0 Å². The van der Waals surface area contributed by atoms with Gasteiger partial charge in [0, 0.05) is 12.0 Å². The summed E-state index contributed by atoms with van der Waals surface area (Å²) in [5.41, 5.74) is -0.0253. The molecule has 3 rings (SSSR count). The number of nitro groups is 1. The van der Waals surface area contributed by atoms with Crippen LogP contribution in [0.3, 0.4) is 0 Å². The molecule has 0 saturated heterocycles. The Morgan fingerprint density at radius 3 is 2.76 bits per heavy atom. The molecule has 0 unspecified atom stereocenters. The Labute approximate surface area is 123 Å². The lowest BCUT2D eigenvalue weighted by molar-refractivity contribution is -0.384. The number of halogens is 1. The van der Waals surface area contributed by atoms with Crippen LogP contribution in [0.1, 0.15) is 34.9 Å². The summed E-state index contributed by atoms with van der Waals surface area (Å²) in [4.78, 5) is 21.8. The van der Waals surface area contributed by atoms with E-state index in [0.29, 0.717) is 5.69 Å². The summed E-state index contributed by atoms with van der Waals surface area (Å²) in [5, 5.41) is 27.8. The second kappa shape index (κ2) is 4.81. The molecule has 0 amide bonds. The molecule has 1 aromatic carbocycles. The lowest BCUT2D eigenvalue weighted by Gasteiger charge is -2.08. The van der Waals surface area contributed by atoms with Crippen LogP contribution in [0.4, 0.5) is 5.69 Å². The van der Waals surface area contributed by atoms with Crippen molar-refractivity contribution in [2.24, 2.45) is 0 Å². The first-order chi connectivity index (χ1) is 10.0. The van der Waals surface area contributed by atoms with Crippen LogP contribution in [0.2, 0.25) is 5.02 Å². The highest BCUT2D eigenvalue weighted by Crippen LogP contribution is 2.43. The molecule has 8 nitrogen and oxygen atoms in total. The first-order valence-corrected chi connectivity index (χ1v) is 6.50. The molecule has 2 aromatic rings. The minimum atomic E-state index is -1.21. The number of aromatic carboxylic acids is 1. The number of nitrogens with zero attached hydrogens (tertiary/aromatic N) is 4. The van der Waals surface area contributed by atoms with E-state index in [1.54, 1.807) is 0 Å². The average Bonchev–Trinajstić information content (AvgIpc) is 3.17. The maximum Gasteiger partial charge on any atom is 0.358 e. The minimum Gasteiger partial charge on any atom is -0.476 e. The molecule has 108 valence electrons. The molecule has 1 aromatic heterocycles. The number of carboxylic acids is 1. The van der Waals surface area contributed by atoms with E-state index in [1.807, 2.05) is 0 Å². The molecular formula is C12H9ClN4O4. The van der Waals surface area contributed by atoms with Gasteiger partial charge in [0.15, 0.2) is 11.4 Å². The number of rotatable bonds is 4. The van der Waals surface area contributed by atoms with E-state index in [2.05, 4.69) is 10.3 Å². The lowest BCUT2D eigenvalue weighted by atomic mass is 10.2. The zero-order chi connectivity index (χ0) is 15.1. The van der Waals surface area contributed by atoms with Gasteiger partial charge in [0.25, 0.3) is 5.69 Å². The summed E-state index contributed by atoms with van der Waals surface area (Å²) in [6.45, 7) is 0. The number of hydrogen-bond acceptors (Lipinski definition) is 5. The van der Waals surface area contributed by atoms with E-state index in [-0.39, 0.29) is 28.0 Å². The fraction of sp³-hybridized carbons (Fsp3) is 0.250. The molecule has 0 spiro atoms. The van der Waals surface area contributed by atoms with Crippen LogP contribution >= 0.6 is 11.6 Å². The van der Waals surface area contributed by atoms with Crippen LogP contribution in [0.15, 0.2) is 18.2 Å². The molecular weight excluding hydrogens is 300 g/mol. The summed E-state index contributed by atoms with van der Waals surface area (Å²) in [6, 6.07) is 4.23. The molecule has 0 aliphatic heterocycles. The Bertz CT molecular complexity index is 754. The number of carboxylic acid groups (broad SMARTS) is 1. The Morgan fingerprint density at radius 1 is 1.48 bits per heavy atom. The van der Waals surface area contributed by atoms with Crippen LogP contribution in [-0.2, 0) is 0 Å². The van der Waals surface area contributed by atoms with Crippen LogP contribution in [0, 0.1) is 10.1 Å². The van der Waals surface area contributed by atoms with Crippen LogP contribution in [-0.4, -0.2) is 31.0 Å². The van der Waals surface area contributed by atoms with Gasteiger partial charge in [-0.05, 0) is 18.9 Å². The van der Waals surface area contributed by atoms with E-state index in [4.69, 9.17) is 16.7 Å². The topological polar surface area (TPSA) is 111 Å². The largest absolute Gasteiger partial charge is 0.476 e. The molecule has 1 heterocycles. The number of carbonyl (C=O) groups is 1. The fourth-order valence-electron chi connectivity index (χ4n) is 2.19. The van der Waals surface area contributed by atoms with Crippen LogP contribution < -0.4 is 0 Å². The molecule has 21 heavy (non-hydrogen) atoms. The van der Waals surface area contributed by atoms with E-state index < -0.39 is 10.9 Å². The van der Waals surface area contributed by atoms with Crippen molar-refractivity contribution in [3.05, 3.63) is 44.7 Å². The molecule has 1 aliphatic carbocycles. The van der Waals surface area contributed by atoms with Gasteiger partial charge in [-0.3, -0.25) is 10.1 Å². The molecule has 1 aliphatic rings. The molecule has 1 N–H and O–H groups in total. The van der Waals surface area contributed by atoms with Gasteiger partial charge in [-0.25, -0.2) is 9.48 Å². The van der Waals surface area contributed by atoms with Crippen molar-refractivity contribution in [1.29, 1.82) is 0 Å². The van der Waals surface area contributed by atoms with Crippen LogP contribution in [0.25, 0.3) is 5.69 Å². The standard InChI is InChI=1S/C12H9ClN4O4/c13-7-2-1-3-8(17(20)21)11(7)16-10(6-4-5-6)9(12(18)19)14-15-16/h1-3,6H,4-5H2,(H,18,19). The predicted octanol–water partition coefficient (Wildman–Crippen LogP) is 2.40. The highest BCUT2D eigenvalue weighted by atomic mass is 35.5. The summed E-state index contributed by atoms with van der Waals surface area (Å²) in [5.74, 6) is -1.22. The second-order valence-corrected chi connectivity index (χ2v) is 5.09. The SMILES string of the molecule is O=C(O)c1nnn(-c2c(Cl)cccc2[N+](=O)[O-])c1C1CC1. The average molecular weight is 309 g/mol. The third-order valence-electron chi connectivity index (χ3n) is 3.25. The van der Waals surface area contributed by atoms with E-state index in [1.165, 1.54) is 22.9 Å². The third-order valence-corrected chi connectivity index (χ3v) is 3.55. The molecule has 1 saturated carbocycles. The van der Waals surface area contributed by atoms with Gasteiger partial charge in [-0.2, -0.15) is 0 Å². The van der Waals surface area contributed by atoms with Gasteiger partial charge >= 0.3 is 5.97 Å². The Kier molecular flexibility index (Phi) is 3.09. The minimum absolute atomic E-state index is 0.0121. The van der Waals surface area contributed by atoms with Crippen molar-refractivity contribution in [1.82, 2.24) is 15.0 Å². The zero-order valence-electron chi connectivity index (χ0n) is 10.6. The number of para-hydroxylation sites is 1. The van der Waals surface area contributed by atoms with Gasteiger partial charge in [0.05, 0.1) is 15.6 Å². The van der Waals surface area contributed by atoms with Crippen molar-refractivity contribution >= 4 is 23.3 Å². The highest BCUT2D eigenvalue weighted by molar-refractivity contribution is 6.32. The van der Waals surface area contributed by atoms with Crippen LogP contribution in [0.5, 0.6) is 0 Å². The van der Waals surface area contributed by atoms with Crippen molar-refractivity contribution in [3.63, 3.8) is 0 Å². The van der Waals surface area contributed by atoms with E-state index in [9.17, 15) is 14.9 Å². The Balaban J connectivity index is 2.27. The molecule has 0 radical (unpaired) electrons. The summed E-state index contributed by atoms with van der Waals surface area (Å²) >= 11 is 6.05. The fourth-order valence-corrected chi connectivity index (χ4v) is 2.44. The summed E-state index contributed by atoms with van der Waals surface area (Å²) in [7, 11) is 0. The molecule has 9 heteroatoms. The smallest absolute Gasteiger partial charge is 0.358 e. The maximum absolute atomic E-state index is 11.2. The van der Waals surface area contributed by atoms with Crippen molar-refractivity contribution < 1.29 is 14.8 Å². The normalized spacial score (nSPS) is 14.1. The van der Waals surface area contributed by atoms with Gasteiger partial charge in [-0.1, -0.05) is 22.9 Å². The summed E-state index contributed by atoms with van der Waals surface area (Å²) in [6.07, 6.45) is 1.60.